The Morgan fingerprint density at radius 1 is 1.35 bits per heavy atom. The van der Waals surface area contributed by atoms with Gasteiger partial charge in [-0.2, -0.15) is 0 Å². The number of carbonyl (C=O) groups is 1. The minimum absolute atomic E-state index is 0.0397. The summed E-state index contributed by atoms with van der Waals surface area (Å²) in [4.78, 5) is 11.9. The highest BCUT2D eigenvalue weighted by Crippen LogP contribution is 2.25. The van der Waals surface area contributed by atoms with Crippen LogP contribution in [0.2, 0.25) is 0 Å². The molecular weight excluding hydrogens is 270 g/mol. The Morgan fingerprint density at radius 3 is 2.70 bits per heavy atom. The molecule has 0 radical (unpaired) electrons. The lowest BCUT2D eigenvalue weighted by Crippen LogP contribution is -2.29. The average molecular weight is 291 g/mol. The fourth-order valence-electron chi connectivity index (χ4n) is 1.85. The molecule has 2 rings (SSSR count). The van der Waals surface area contributed by atoms with E-state index >= 15 is 0 Å². The molecule has 2 aromatic rings. The topological polar surface area (TPSA) is 42.2 Å². The second kappa shape index (κ2) is 5.92. The van der Waals surface area contributed by atoms with Gasteiger partial charge in [0.05, 0.1) is 11.8 Å². The van der Waals surface area contributed by atoms with Crippen LogP contribution in [0.5, 0.6) is 0 Å². The van der Waals surface area contributed by atoms with Crippen molar-refractivity contribution in [2.45, 2.75) is 38.5 Å². The second-order valence-corrected chi connectivity index (χ2v) is 7.68. The predicted molar refractivity (Wildman–Crippen MR) is 85.0 cm³/mol. The number of amides is 1. The molecule has 0 saturated carbocycles. The summed E-state index contributed by atoms with van der Waals surface area (Å²) in [6.07, 6.45) is 0. The van der Waals surface area contributed by atoms with Crippen molar-refractivity contribution in [2.75, 3.05) is 5.75 Å². The highest BCUT2D eigenvalue weighted by molar-refractivity contribution is 8.01. The number of benzene rings is 1. The molecule has 3 nitrogen and oxygen atoms in total. The molecule has 1 heterocycles. The van der Waals surface area contributed by atoms with Crippen LogP contribution in [0.4, 0.5) is 0 Å². The number of furan rings is 1. The maximum absolute atomic E-state index is 11.9. The summed E-state index contributed by atoms with van der Waals surface area (Å²) in [5.41, 5.74) is 0.854. The van der Waals surface area contributed by atoms with Gasteiger partial charge in [-0.1, -0.05) is 39.0 Å². The maximum atomic E-state index is 11.9. The van der Waals surface area contributed by atoms with Gasteiger partial charge < -0.3 is 9.73 Å². The van der Waals surface area contributed by atoms with E-state index in [9.17, 15) is 4.79 Å². The van der Waals surface area contributed by atoms with Crippen molar-refractivity contribution < 1.29 is 9.21 Å². The average Bonchev–Trinajstić information content (AvgIpc) is 2.79. The van der Waals surface area contributed by atoms with E-state index in [2.05, 4.69) is 26.1 Å². The molecule has 0 aliphatic heterocycles. The first-order valence-corrected chi connectivity index (χ1v) is 7.75. The summed E-state index contributed by atoms with van der Waals surface area (Å²) in [5, 5.41) is 4.04. The number of thioether (sulfide) groups is 1. The van der Waals surface area contributed by atoms with Crippen molar-refractivity contribution in [2.24, 2.45) is 0 Å². The molecule has 0 aliphatic rings. The van der Waals surface area contributed by atoms with Gasteiger partial charge in [0.25, 0.3) is 0 Å². The molecule has 1 N–H and O–H groups in total. The van der Waals surface area contributed by atoms with Crippen molar-refractivity contribution in [3.63, 3.8) is 0 Å². The van der Waals surface area contributed by atoms with Crippen LogP contribution in [-0.2, 0) is 4.79 Å². The fourth-order valence-corrected chi connectivity index (χ4v) is 2.50. The Balaban J connectivity index is 1.97. The Labute approximate surface area is 124 Å². The van der Waals surface area contributed by atoms with E-state index in [-0.39, 0.29) is 16.7 Å². The number of hydrogen-bond acceptors (Lipinski definition) is 3. The Morgan fingerprint density at radius 2 is 2.05 bits per heavy atom. The summed E-state index contributed by atoms with van der Waals surface area (Å²) >= 11 is 1.64. The van der Waals surface area contributed by atoms with E-state index in [1.165, 1.54) is 0 Å². The minimum atomic E-state index is -0.115. The summed E-state index contributed by atoms with van der Waals surface area (Å²) in [7, 11) is 0. The van der Waals surface area contributed by atoms with Crippen LogP contribution in [-0.4, -0.2) is 16.4 Å². The Kier molecular flexibility index (Phi) is 4.43. The molecule has 1 atom stereocenters. The lowest BCUT2D eigenvalue weighted by Gasteiger charge is -2.18. The third-order valence-corrected chi connectivity index (χ3v) is 4.16. The number of fused-ring (bicyclic) bond motifs is 1. The largest absolute Gasteiger partial charge is 0.459 e. The van der Waals surface area contributed by atoms with E-state index in [4.69, 9.17) is 4.42 Å². The third kappa shape index (κ3) is 4.04. The highest BCUT2D eigenvalue weighted by atomic mass is 32.2. The van der Waals surface area contributed by atoms with Gasteiger partial charge in [-0.15, -0.1) is 11.8 Å². The lowest BCUT2D eigenvalue weighted by molar-refractivity contribution is -0.119. The van der Waals surface area contributed by atoms with Gasteiger partial charge in [-0.05, 0) is 19.1 Å². The Hall–Kier alpha value is -1.42. The monoisotopic (exact) mass is 291 g/mol. The van der Waals surface area contributed by atoms with Crippen LogP contribution >= 0.6 is 11.8 Å². The van der Waals surface area contributed by atoms with Crippen LogP contribution in [0.1, 0.15) is 39.5 Å². The zero-order valence-electron chi connectivity index (χ0n) is 12.4. The fraction of sp³-hybridized carbons (Fsp3) is 0.438. The zero-order valence-corrected chi connectivity index (χ0v) is 13.2. The standard InChI is InChI=1S/C16H21NO2S/c1-11(17-15(18)10-20-16(2,3)4)14-9-12-7-5-6-8-13(12)19-14/h5-9,11H,10H2,1-4H3,(H,17,18). The van der Waals surface area contributed by atoms with E-state index in [1.54, 1.807) is 11.8 Å². The number of para-hydroxylation sites is 1. The van der Waals surface area contributed by atoms with E-state index in [0.29, 0.717) is 5.75 Å². The molecular formula is C16H21NO2S. The Bertz CT molecular complexity index is 565. The van der Waals surface area contributed by atoms with Gasteiger partial charge in [0.2, 0.25) is 5.91 Å². The van der Waals surface area contributed by atoms with Gasteiger partial charge in [-0.25, -0.2) is 0 Å². The number of carbonyl (C=O) groups excluding carboxylic acids is 1. The van der Waals surface area contributed by atoms with Crippen LogP contribution in [0, 0.1) is 0 Å². The molecule has 1 unspecified atom stereocenters. The summed E-state index contributed by atoms with van der Waals surface area (Å²) in [5.74, 6) is 1.30. The normalized spacial score (nSPS) is 13.4. The van der Waals surface area contributed by atoms with Gasteiger partial charge in [0.1, 0.15) is 11.3 Å². The highest BCUT2D eigenvalue weighted by Gasteiger charge is 2.17. The lowest BCUT2D eigenvalue weighted by atomic mass is 10.2. The maximum Gasteiger partial charge on any atom is 0.230 e. The molecule has 1 amide bonds. The first-order valence-electron chi connectivity index (χ1n) is 6.77. The number of nitrogens with one attached hydrogen (secondary N) is 1. The van der Waals surface area contributed by atoms with Crippen LogP contribution in [0.3, 0.4) is 0 Å². The van der Waals surface area contributed by atoms with E-state index < -0.39 is 0 Å². The van der Waals surface area contributed by atoms with E-state index in [1.807, 2.05) is 37.3 Å². The molecule has 1 aromatic carbocycles. The first-order chi connectivity index (χ1) is 9.35. The van der Waals surface area contributed by atoms with Crippen molar-refractivity contribution in [1.82, 2.24) is 5.32 Å². The molecule has 0 fully saturated rings. The third-order valence-electron chi connectivity index (χ3n) is 2.89. The van der Waals surface area contributed by atoms with Crippen molar-refractivity contribution in [3.8, 4) is 0 Å². The van der Waals surface area contributed by atoms with E-state index in [0.717, 1.165) is 16.7 Å². The minimum Gasteiger partial charge on any atom is -0.459 e. The van der Waals surface area contributed by atoms with Crippen LogP contribution in [0.25, 0.3) is 11.0 Å². The van der Waals surface area contributed by atoms with Gasteiger partial charge >= 0.3 is 0 Å². The van der Waals surface area contributed by atoms with Crippen molar-refractivity contribution in [3.05, 3.63) is 36.1 Å². The molecule has 0 saturated heterocycles. The quantitative estimate of drug-likeness (QED) is 0.920. The molecule has 108 valence electrons. The SMILES string of the molecule is CC(NC(=O)CSC(C)(C)C)c1cc2ccccc2o1. The smallest absolute Gasteiger partial charge is 0.230 e. The summed E-state index contributed by atoms with van der Waals surface area (Å²) < 4.78 is 5.85. The van der Waals surface area contributed by atoms with Gasteiger partial charge in [0.15, 0.2) is 0 Å². The molecule has 0 spiro atoms. The molecule has 0 bridgehead atoms. The van der Waals surface area contributed by atoms with Gasteiger partial charge in [-0.3, -0.25) is 4.79 Å². The first kappa shape index (κ1) is 15.0. The summed E-state index contributed by atoms with van der Waals surface area (Å²) in [6.45, 7) is 8.26. The second-order valence-electron chi connectivity index (χ2n) is 5.88. The molecule has 0 aliphatic carbocycles. The molecule has 4 heteroatoms. The molecule has 20 heavy (non-hydrogen) atoms. The van der Waals surface area contributed by atoms with Crippen molar-refractivity contribution >= 4 is 28.6 Å². The number of rotatable bonds is 4. The van der Waals surface area contributed by atoms with Crippen LogP contribution in [0.15, 0.2) is 34.7 Å². The molecule has 1 aromatic heterocycles. The summed E-state index contributed by atoms with van der Waals surface area (Å²) in [6, 6.07) is 9.73. The zero-order chi connectivity index (χ0) is 14.8. The number of hydrogen-bond donors (Lipinski definition) is 1. The van der Waals surface area contributed by atoms with Gasteiger partial charge in [0, 0.05) is 10.1 Å². The van der Waals surface area contributed by atoms with Crippen molar-refractivity contribution in [1.29, 1.82) is 0 Å². The predicted octanol–water partition coefficient (Wildman–Crippen LogP) is 4.14. The van der Waals surface area contributed by atoms with Crippen LogP contribution < -0.4 is 5.32 Å².